The monoisotopic (exact) mass is 522 g/mol. The molecule has 0 saturated heterocycles. The molecule has 206 valence electrons. The van der Waals surface area contributed by atoms with E-state index in [1.165, 1.54) is 0 Å². The summed E-state index contributed by atoms with van der Waals surface area (Å²) in [6.45, 7) is 0. The van der Waals surface area contributed by atoms with Crippen LogP contribution in [0.15, 0.2) is 20.0 Å². The lowest BCUT2D eigenvalue weighted by molar-refractivity contribution is -0.00581. The Balaban J connectivity index is 1.60. The number of rotatable bonds is 9. The first-order chi connectivity index (χ1) is 18.7. The van der Waals surface area contributed by atoms with Crippen LogP contribution in [0, 0.1) is 35.5 Å². The molecule has 0 bridgehead atoms. The van der Waals surface area contributed by atoms with Gasteiger partial charge in [-0.25, -0.2) is 39.1 Å². The van der Waals surface area contributed by atoms with Crippen LogP contribution in [0.25, 0.3) is 0 Å². The summed E-state index contributed by atoms with van der Waals surface area (Å²) in [5.41, 5.74) is 0. The van der Waals surface area contributed by atoms with E-state index in [2.05, 4.69) is 20.0 Å². The van der Waals surface area contributed by atoms with Gasteiger partial charge in [-0.05, 0) is 138 Å². The lowest BCUT2D eigenvalue weighted by Crippen LogP contribution is -2.44. The Morgan fingerprint density at radius 3 is 0.684 bits per heavy atom. The van der Waals surface area contributed by atoms with Gasteiger partial charge in [0.1, 0.15) is 0 Å². The van der Waals surface area contributed by atoms with E-state index in [9.17, 15) is 19.2 Å². The van der Waals surface area contributed by atoms with Crippen molar-refractivity contribution in [3.8, 4) is 0 Å². The Morgan fingerprint density at radius 2 is 0.526 bits per heavy atom. The van der Waals surface area contributed by atoms with Gasteiger partial charge in [0.25, 0.3) is 0 Å². The molecule has 4 aliphatic carbocycles. The Morgan fingerprint density at radius 1 is 0.342 bits per heavy atom. The predicted molar refractivity (Wildman–Crippen MR) is 142 cm³/mol. The summed E-state index contributed by atoms with van der Waals surface area (Å²) in [6.07, 6.45) is 23.5. The second-order valence-corrected chi connectivity index (χ2v) is 12.3. The first-order valence-corrected chi connectivity index (χ1v) is 14.9. The number of isocyanates is 4. The normalized spacial score (nSPS) is 37.2. The maximum absolute atomic E-state index is 10.9. The molecule has 38 heavy (non-hydrogen) atoms. The molecule has 8 heteroatoms. The fourth-order valence-electron chi connectivity index (χ4n) is 8.79. The third-order valence-corrected chi connectivity index (χ3v) is 10.5. The summed E-state index contributed by atoms with van der Waals surface area (Å²) < 4.78 is 0. The van der Waals surface area contributed by atoms with Crippen molar-refractivity contribution >= 4 is 24.3 Å². The Labute approximate surface area is 226 Å². The van der Waals surface area contributed by atoms with Gasteiger partial charge in [0, 0.05) is 0 Å². The highest BCUT2D eigenvalue weighted by molar-refractivity contribution is 5.34. The summed E-state index contributed by atoms with van der Waals surface area (Å²) in [6, 6.07) is 0.421. The van der Waals surface area contributed by atoms with Gasteiger partial charge in [0.2, 0.25) is 24.3 Å². The van der Waals surface area contributed by atoms with E-state index >= 15 is 0 Å². The van der Waals surface area contributed by atoms with Crippen LogP contribution in [-0.2, 0) is 19.2 Å². The second-order valence-electron chi connectivity index (χ2n) is 12.3. The summed E-state index contributed by atoms with van der Waals surface area (Å²) >= 11 is 0. The van der Waals surface area contributed by atoms with Crippen molar-refractivity contribution in [3.63, 3.8) is 0 Å². The summed E-state index contributed by atoms with van der Waals surface area (Å²) in [5.74, 6) is 3.58. The fourth-order valence-corrected chi connectivity index (χ4v) is 8.79. The Hall–Kier alpha value is -2.48. The third kappa shape index (κ3) is 7.33. The molecule has 0 aliphatic heterocycles. The van der Waals surface area contributed by atoms with Gasteiger partial charge in [0.05, 0.1) is 24.2 Å². The Bertz CT molecular complexity index is 791. The Kier molecular flexibility index (Phi) is 11.0. The average molecular weight is 523 g/mol. The van der Waals surface area contributed by atoms with E-state index in [0.717, 1.165) is 103 Å². The fraction of sp³-hybridized carbons (Fsp3) is 0.867. The molecule has 0 atom stereocenters. The SMILES string of the molecule is O=C=NC1CCC(C(C2CCC(N=C=O)CC2)C(C2CCC(N=C=O)CC2)C2CCC(N=C=O)CC2)CC1. The standard InChI is InChI=1S/C30H42N4O4/c35-17-31-25-9-1-21(2-10-25)29(22-3-11-26(12-4-22)32-18-36)30(23-5-13-27(14-6-23)33-19-37)24-7-15-28(16-8-24)34-20-38/h21-30H,1-16H2. The highest BCUT2D eigenvalue weighted by atomic mass is 16.1. The summed E-state index contributed by atoms with van der Waals surface area (Å²) in [4.78, 5) is 59.8. The van der Waals surface area contributed by atoms with Gasteiger partial charge in [0.15, 0.2) is 0 Å². The molecule has 0 aromatic heterocycles. The zero-order valence-electron chi connectivity index (χ0n) is 22.5. The van der Waals surface area contributed by atoms with Crippen LogP contribution < -0.4 is 0 Å². The number of carbonyl (C=O) groups excluding carboxylic acids is 4. The van der Waals surface area contributed by atoms with Crippen LogP contribution in [-0.4, -0.2) is 48.5 Å². The molecule has 4 fully saturated rings. The van der Waals surface area contributed by atoms with Gasteiger partial charge in [-0.3, -0.25) is 0 Å². The van der Waals surface area contributed by atoms with Gasteiger partial charge in [-0.15, -0.1) is 0 Å². The summed E-state index contributed by atoms with van der Waals surface area (Å²) in [5, 5.41) is 0. The average Bonchev–Trinajstić information content (AvgIpc) is 2.95. The highest BCUT2D eigenvalue weighted by Gasteiger charge is 2.46. The zero-order valence-corrected chi connectivity index (χ0v) is 22.5. The van der Waals surface area contributed by atoms with E-state index in [1.54, 1.807) is 24.3 Å². The van der Waals surface area contributed by atoms with Crippen LogP contribution in [0.2, 0.25) is 0 Å². The van der Waals surface area contributed by atoms with E-state index in [-0.39, 0.29) is 24.2 Å². The lowest BCUT2D eigenvalue weighted by Gasteiger charge is -2.50. The molecule has 0 heterocycles. The highest BCUT2D eigenvalue weighted by Crippen LogP contribution is 2.53. The van der Waals surface area contributed by atoms with Crippen molar-refractivity contribution in [2.75, 3.05) is 0 Å². The molecule has 0 amide bonds. The maximum Gasteiger partial charge on any atom is 0.235 e. The predicted octanol–water partition coefficient (Wildman–Crippen LogP) is 5.80. The molecule has 4 aliphatic rings. The first-order valence-electron chi connectivity index (χ1n) is 14.9. The quantitative estimate of drug-likeness (QED) is 0.281. The topological polar surface area (TPSA) is 118 Å². The lowest BCUT2D eigenvalue weighted by atomic mass is 9.55. The van der Waals surface area contributed by atoms with Crippen molar-refractivity contribution in [2.24, 2.45) is 55.5 Å². The van der Waals surface area contributed by atoms with Crippen molar-refractivity contribution < 1.29 is 19.2 Å². The minimum atomic E-state index is 0.105. The van der Waals surface area contributed by atoms with Crippen molar-refractivity contribution in [2.45, 2.75) is 127 Å². The molecule has 0 aromatic carbocycles. The molecule has 0 spiro atoms. The second kappa shape index (κ2) is 14.6. The van der Waals surface area contributed by atoms with Crippen molar-refractivity contribution in [1.29, 1.82) is 0 Å². The van der Waals surface area contributed by atoms with E-state index in [1.807, 2.05) is 0 Å². The molecular weight excluding hydrogens is 480 g/mol. The molecule has 0 N–H and O–H groups in total. The first kappa shape index (κ1) is 28.5. The van der Waals surface area contributed by atoms with Crippen LogP contribution in [0.3, 0.4) is 0 Å². The van der Waals surface area contributed by atoms with Crippen LogP contribution >= 0.6 is 0 Å². The van der Waals surface area contributed by atoms with Gasteiger partial charge < -0.3 is 0 Å². The summed E-state index contributed by atoms with van der Waals surface area (Å²) in [7, 11) is 0. The minimum absolute atomic E-state index is 0.105. The van der Waals surface area contributed by atoms with Crippen LogP contribution in [0.5, 0.6) is 0 Å². The molecule has 4 rings (SSSR count). The van der Waals surface area contributed by atoms with E-state index < -0.39 is 0 Å². The van der Waals surface area contributed by atoms with Crippen LogP contribution in [0.1, 0.15) is 103 Å². The molecular formula is C30H42N4O4. The molecule has 0 unspecified atom stereocenters. The van der Waals surface area contributed by atoms with Gasteiger partial charge >= 0.3 is 0 Å². The largest absolute Gasteiger partial charge is 0.235 e. The minimum Gasteiger partial charge on any atom is -0.211 e. The molecule has 0 aromatic rings. The smallest absolute Gasteiger partial charge is 0.211 e. The maximum atomic E-state index is 10.9. The molecule has 8 nitrogen and oxygen atoms in total. The van der Waals surface area contributed by atoms with E-state index in [4.69, 9.17) is 0 Å². The van der Waals surface area contributed by atoms with Gasteiger partial charge in [-0.2, -0.15) is 0 Å². The van der Waals surface area contributed by atoms with Crippen molar-refractivity contribution in [3.05, 3.63) is 0 Å². The van der Waals surface area contributed by atoms with Crippen molar-refractivity contribution in [1.82, 2.24) is 0 Å². The number of hydrogen-bond donors (Lipinski definition) is 0. The molecule has 4 saturated carbocycles. The third-order valence-electron chi connectivity index (χ3n) is 10.5. The van der Waals surface area contributed by atoms with E-state index in [0.29, 0.717) is 35.5 Å². The zero-order chi connectivity index (χ0) is 26.7. The van der Waals surface area contributed by atoms with Gasteiger partial charge in [-0.1, -0.05) is 0 Å². The number of nitrogens with zero attached hydrogens (tertiary/aromatic N) is 4. The molecule has 0 radical (unpaired) electrons. The number of aliphatic imine (C=N–C) groups is 4. The number of hydrogen-bond acceptors (Lipinski definition) is 8. The van der Waals surface area contributed by atoms with Crippen LogP contribution in [0.4, 0.5) is 0 Å².